The number of carbonyl (C=O) groups excluding carboxylic acids is 1. The summed E-state index contributed by atoms with van der Waals surface area (Å²) in [5.74, 6) is 0. The SMILES string of the molecule is COC(=O)SS(=O)(=O)c1ccccc1. The van der Waals surface area contributed by atoms with Crippen LogP contribution in [0.25, 0.3) is 0 Å². The van der Waals surface area contributed by atoms with E-state index in [0.717, 1.165) is 7.11 Å². The molecule has 0 atom stereocenters. The summed E-state index contributed by atoms with van der Waals surface area (Å²) in [4.78, 5) is 10.9. The second kappa shape index (κ2) is 4.47. The molecule has 0 radical (unpaired) electrons. The van der Waals surface area contributed by atoms with Crippen molar-refractivity contribution in [2.75, 3.05) is 7.11 Å². The first kappa shape index (κ1) is 11.1. The van der Waals surface area contributed by atoms with Crippen LogP contribution < -0.4 is 0 Å². The van der Waals surface area contributed by atoms with Crippen LogP contribution >= 0.6 is 10.8 Å². The molecule has 0 heterocycles. The number of carbonyl (C=O) groups is 1. The normalized spacial score (nSPS) is 10.9. The maximum absolute atomic E-state index is 11.5. The average Bonchev–Trinajstić information content (AvgIpc) is 2.18. The first-order valence-electron chi connectivity index (χ1n) is 3.64. The molecule has 1 rings (SSSR count). The van der Waals surface area contributed by atoms with E-state index in [4.69, 9.17) is 0 Å². The highest BCUT2D eigenvalue weighted by molar-refractivity contribution is 8.77. The molecule has 0 aromatic heterocycles. The topological polar surface area (TPSA) is 60.4 Å². The van der Waals surface area contributed by atoms with E-state index >= 15 is 0 Å². The second-order valence-corrected chi connectivity index (χ2v) is 6.00. The lowest BCUT2D eigenvalue weighted by molar-refractivity contribution is 0.200. The molecule has 0 saturated heterocycles. The summed E-state index contributed by atoms with van der Waals surface area (Å²) in [6.07, 6.45) is 0. The van der Waals surface area contributed by atoms with Gasteiger partial charge in [0, 0.05) is 0 Å². The van der Waals surface area contributed by atoms with Gasteiger partial charge in [-0.15, -0.1) is 0 Å². The van der Waals surface area contributed by atoms with Crippen LogP contribution in [-0.2, 0) is 13.6 Å². The van der Waals surface area contributed by atoms with Crippen LogP contribution in [0.2, 0.25) is 0 Å². The van der Waals surface area contributed by atoms with Crippen LogP contribution in [0.1, 0.15) is 0 Å². The molecular weight excluding hydrogens is 224 g/mol. The highest BCUT2D eigenvalue weighted by Crippen LogP contribution is 2.23. The number of methoxy groups -OCH3 is 1. The average molecular weight is 232 g/mol. The van der Waals surface area contributed by atoms with Crippen LogP contribution in [0.3, 0.4) is 0 Å². The second-order valence-electron chi connectivity index (χ2n) is 2.30. The zero-order valence-electron chi connectivity index (χ0n) is 7.34. The van der Waals surface area contributed by atoms with Gasteiger partial charge in [0.15, 0.2) is 0 Å². The van der Waals surface area contributed by atoms with Crippen molar-refractivity contribution < 1.29 is 17.9 Å². The van der Waals surface area contributed by atoms with E-state index in [-0.39, 0.29) is 15.7 Å². The Labute approximate surface area is 85.6 Å². The molecule has 76 valence electrons. The molecule has 0 bridgehead atoms. The van der Waals surface area contributed by atoms with Gasteiger partial charge < -0.3 is 4.74 Å². The number of benzene rings is 1. The molecule has 4 nitrogen and oxygen atoms in total. The minimum absolute atomic E-state index is 0.0930. The lowest BCUT2D eigenvalue weighted by Gasteiger charge is -2.00. The summed E-state index contributed by atoms with van der Waals surface area (Å²) in [6, 6.07) is 7.72. The minimum atomic E-state index is -3.63. The Morgan fingerprint density at radius 2 is 1.86 bits per heavy atom. The van der Waals surface area contributed by atoms with E-state index in [1.807, 2.05) is 0 Å². The quantitative estimate of drug-likeness (QED) is 0.575. The largest absolute Gasteiger partial charge is 0.460 e. The highest BCUT2D eigenvalue weighted by Gasteiger charge is 2.20. The van der Waals surface area contributed by atoms with Gasteiger partial charge >= 0.3 is 5.30 Å². The Balaban J connectivity index is 2.93. The highest BCUT2D eigenvalue weighted by atomic mass is 33.1. The summed E-state index contributed by atoms with van der Waals surface area (Å²) < 4.78 is 27.2. The van der Waals surface area contributed by atoms with Crippen molar-refractivity contribution in [2.24, 2.45) is 0 Å². The molecule has 6 heteroatoms. The van der Waals surface area contributed by atoms with E-state index < -0.39 is 14.2 Å². The van der Waals surface area contributed by atoms with E-state index in [0.29, 0.717) is 0 Å². The van der Waals surface area contributed by atoms with E-state index in [1.54, 1.807) is 18.2 Å². The Morgan fingerprint density at radius 1 is 1.29 bits per heavy atom. The fourth-order valence-corrected chi connectivity index (χ4v) is 2.96. The predicted molar refractivity (Wildman–Crippen MR) is 53.6 cm³/mol. The lowest BCUT2D eigenvalue weighted by atomic mass is 10.4. The molecule has 0 fully saturated rings. The molecule has 0 spiro atoms. The van der Waals surface area contributed by atoms with Gasteiger partial charge in [-0.3, -0.25) is 0 Å². The van der Waals surface area contributed by atoms with Crippen LogP contribution in [0.15, 0.2) is 35.2 Å². The fraction of sp³-hybridized carbons (Fsp3) is 0.125. The van der Waals surface area contributed by atoms with Crippen LogP contribution in [0, 0.1) is 0 Å². The van der Waals surface area contributed by atoms with Gasteiger partial charge in [-0.1, -0.05) is 18.2 Å². The Bertz CT molecular complexity index is 410. The van der Waals surface area contributed by atoms with Gasteiger partial charge in [-0.25, -0.2) is 13.2 Å². The number of hydrogen-bond acceptors (Lipinski definition) is 5. The van der Waals surface area contributed by atoms with Gasteiger partial charge in [0.1, 0.15) is 0 Å². The molecule has 0 aliphatic rings. The molecule has 1 aromatic rings. The Morgan fingerprint density at radius 3 is 2.36 bits per heavy atom. The van der Waals surface area contributed by atoms with Crippen molar-refractivity contribution in [1.82, 2.24) is 0 Å². The lowest BCUT2D eigenvalue weighted by Crippen LogP contribution is -2.01. The first-order valence-corrected chi connectivity index (χ1v) is 6.45. The Hall–Kier alpha value is -1.01. The van der Waals surface area contributed by atoms with E-state index in [9.17, 15) is 13.2 Å². The van der Waals surface area contributed by atoms with Crippen molar-refractivity contribution in [3.8, 4) is 0 Å². The minimum Gasteiger partial charge on any atom is -0.460 e. The number of ether oxygens (including phenoxy) is 1. The third-order valence-corrected chi connectivity index (χ3v) is 4.39. The molecule has 0 amide bonds. The molecule has 1 aromatic carbocycles. The van der Waals surface area contributed by atoms with Crippen molar-refractivity contribution in [3.05, 3.63) is 30.3 Å². The van der Waals surface area contributed by atoms with Crippen molar-refractivity contribution >= 4 is 25.0 Å². The smallest absolute Gasteiger partial charge is 0.382 e. The van der Waals surface area contributed by atoms with Gasteiger partial charge in [0.2, 0.25) is 8.87 Å². The summed E-state index contributed by atoms with van der Waals surface area (Å²) >= 11 is 0. The predicted octanol–water partition coefficient (Wildman–Crippen LogP) is 1.87. The van der Waals surface area contributed by atoms with Gasteiger partial charge in [0.25, 0.3) is 0 Å². The maximum Gasteiger partial charge on any atom is 0.382 e. The zero-order chi connectivity index (χ0) is 10.6. The molecule has 14 heavy (non-hydrogen) atoms. The fourth-order valence-electron chi connectivity index (χ4n) is 0.759. The van der Waals surface area contributed by atoms with E-state index in [2.05, 4.69) is 4.74 Å². The van der Waals surface area contributed by atoms with Gasteiger partial charge in [-0.2, -0.15) is 0 Å². The van der Waals surface area contributed by atoms with Crippen molar-refractivity contribution in [2.45, 2.75) is 4.90 Å². The van der Waals surface area contributed by atoms with Crippen LogP contribution in [-0.4, -0.2) is 20.8 Å². The Kier molecular flexibility index (Phi) is 3.54. The third kappa shape index (κ3) is 2.74. The summed E-state index contributed by atoms with van der Waals surface area (Å²) in [6.45, 7) is 0. The maximum atomic E-state index is 11.5. The monoisotopic (exact) mass is 232 g/mol. The molecule has 0 saturated carbocycles. The zero-order valence-corrected chi connectivity index (χ0v) is 8.97. The molecule has 0 aliphatic heterocycles. The third-order valence-electron chi connectivity index (χ3n) is 1.38. The van der Waals surface area contributed by atoms with Crippen LogP contribution in [0.4, 0.5) is 4.79 Å². The van der Waals surface area contributed by atoms with Gasteiger partial charge in [0.05, 0.1) is 22.8 Å². The molecule has 0 N–H and O–H groups in total. The van der Waals surface area contributed by atoms with E-state index in [1.165, 1.54) is 12.1 Å². The van der Waals surface area contributed by atoms with Gasteiger partial charge in [-0.05, 0) is 12.1 Å². The summed E-state index contributed by atoms with van der Waals surface area (Å²) in [5, 5.41) is -0.839. The van der Waals surface area contributed by atoms with Crippen LogP contribution in [0.5, 0.6) is 0 Å². The standard InChI is InChI=1S/C8H8O4S2/c1-12-8(9)13-14(10,11)7-5-3-2-4-6-7/h2-6H,1H3. The summed E-state index contributed by atoms with van der Waals surface area (Å²) in [7, 11) is -2.33. The summed E-state index contributed by atoms with van der Waals surface area (Å²) in [5.41, 5.74) is 0. The number of hydrogen-bond donors (Lipinski definition) is 0. The molecule has 0 aliphatic carbocycles. The van der Waals surface area contributed by atoms with Crippen molar-refractivity contribution in [3.63, 3.8) is 0 Å². The number of rotatable bonds is 2. The first-order chi connectivity index (χ1) is 6.56. The molecule has 0 unspecified atom stereocenters. The van der Waals surface area contributed by atoms with Crippen molar-refractivity contribution in [1.29, 1.82) is 0 Å². The molecular formula is C8H8O4S2.